The van der Waals surface area contributed by atoms with Crippen LogP contribution in [0.1, 0.15) is 29.8 Å². The van der Waals surface area contributed by atoms with Crippen molar-refractivity contribution in [2.75, 3.05) is 13.2 Å². The summed E-state index contributed by atoms with van der Waals surface area (Å²) < 4.78 is 1.83. The van der Waals surface area contributed by atoms with Gasteiger partial charge < -0.3 is 10.0 Å². The molecule has 4 rings (SSSR count). The first-order valence-corrected chi connectivity index (χ1v) is 9.58. The largest absolute Gasteiger partial charge is 0.394 e. The van der Waals surface area contributed by atoms with Crippen LogP contribution in [0, 0.1) is 0 Å². The van der Waals surface area contributed by atoms with E-state index in [9.17, 15) is 9.90 Å². The molecule has 3 aromatic rings. The van der Waals surface area contributed by atoms with Gasteiger partial charge in [-0.1, -0.05) is 29.8 Å². The molecule has 130 valence electrons. The van der Waals surface area contributed by atoms with E-state index in [-0.39, 0.29) is 18.6 Å². The number of thiazole rings is 1. The molecule has 0 bridgehead atoms. The summed E-state index contributed by atoms with van der Waals surface area (Å²) in [6.45, 7) is 0.696. The van der Waals surface area contributed by atoms with E-state index in [1.54, 1.807) is 4.90 Å². The van der Waals surface area contributed by atoms with E-state index >= 15 is 0 Å². The Labute approximate surface area is 154 Å². The van der Waals surface area contributed by atoms with Crippen LogP contribution in [0.5, 0.6) is 0 Å². The summed E-state index contributed by atoms with van der Waals surface area (Å²) in [5.74, 6) is -0.0480. The molecule has 1 aliphatic heterocycles. The normalized spacial score (nSPS) is 18.0. The molecule has 2 aromatic heterocycles. The average molecular weight is 376 g/mol. The number of halogens is 1. The van der Waals surface area contributed by atoms with Crippen molar-refractivity contribution >= 4 is 33.8 Å². The Kier molecular flexibility index (Phi) is 4.50. The minimum Gasteiger partial charge on any atom is -0.394 e. The lowest BCUT2D eigenvalue weighted by atomic mass is 10.0. The Hall–Kier alpha value is -1.89. The molecule has 0 saturated carbocycles. The van der Waals surface area contributed by atoms with Crippen molar-refractivity contribution < 1.29 is 9.90 Å². The minimum atomic E-state index is -0.0947. The Morgan fingerprint density at radius 3 is 3.00 bits per heavy atom. The highest BCUT2D eigenvalue weighted by Gasteiger charge is 2.29. The second kappa shape index (κ2) is 6.78. The zero-order valence-electron chi connectivity index (χ0n) is 13.6. The highest BCUT2D eigenvalue weighted by atomic mass is 35.5. The molecule has 0 spiro atoms. The molecule has 1 atom stereocenters. The van der Waals surface area contributed by atoms with Gasteiger partial charge >= 0.3 is 0 Å². The van der Waals surface area contributed by atoms with Crippen molar-refractivity contribution in [2.45, 2.75) is 25.3 Å². The quantitative estimate of drug-likeness (QED) is 0.759. The number of hydrogen-bond acceptors (Lipinski definition) is 4. The molecule has 1 saturated heterocycles. The Bertz CT molecular complexity index is 920. The number of aromatic nitrogens is 2. The monoisotopic (exact) mass is 375 g/mol. The predicted octanol–water partition coefficient (Wildman–Crippen LogP) is 3.70. The number of carbonyl (C=O) groups excluding carboxylic acids is 1. The first kappa shape index (κ1) is 16.6. The van der Waals surface area contributed by atoms with E-state index in [1.165, 1.54) is 11.3 Å². The van der Waals surface area contributed by atoms with Crippen molar-refractivity contribution in [1.29, 1.82) is 0 Å². The fourth-order valence-corrected chi connectivity index (χ4v) is 4.42. The summed E-state index contributed by atoms with van der Waals surface area (Å²) >= 11 is 7.70. The maximum atomic E-state index is 13.0. The van der Waals surface area contributed by atoms with Crippen molar-refractivity contribution in [1.82, 2.24) is 14.3 Å². The molecule has 1 amide bonds. The van der Waals surface area contributed by atoms with E-state index in [0.717, 1.165) is 35.5 Å². The maximum absolute atomic E-state index is 13.0. The third-order valence-electron chi connectivity index (χ3n) is 4.68. The second-order valence-electron chi connectivity index (χ2n) is 6.21. The van der Waals surface area contributed by atoms with Crippen molar-refractivity contribution in [3.63, 3.8) is 0 Å². The summed E-state index contributed by atoms with van der Waals surface area (Å²) in [4.78, 5) is 20.2. The zero-order chi connectivity index (χ0) is 17.4. The zero-order valence-corrected chi connectivity index (χ0v) is 15.1. The lowest BCUT2D eigenvalue weighted by molar-refractivity contribution is 0.0496. The van der Waals surface area contributed by atoms with Crippen LogP contribution in [0.3, 0.4) is 0 Å². The molecule has 1 fully saturated rings. The van der Waals surface area contributed by atoms with Crippen molar-refractivity contribution in [2.24, 2.45) is 0 Å². The number of nitrogens with zero attached hydrogens (tertiary/aromatic N) is 3. The lowest BCUT2D eigenvalue weighted by Crippen LogP contribution is -2.45. The first-order valence-electron chi connectivity index (χ1n) is 8.32. The Morgan fingerprint density at radius 2 is 2.20 bits per heavy atom. The highest BCUT2D eigenvalue weighted by Crippen LogP contribution is 2.30. The summed E-state index contributed by atoms with van der Waals surface area (Å²) in [7, 11) is 0. The van der Waals surface area contributed by atoms with Crippen LogP contribution in [-0.2, 0) is 0 Å². The fourth-order valence-electron chi connectivity index (χ4n) is 3.34. The number of fused-ring (bicyclic) bond motifs is 1. The molecule has 0 radical (unpaired) electrons. The minimum absolute atomic E-state index is 0.00776. The molecule has 5 nitrogen and oxygen atoms in total. The summed E-state index contributed by atoms with van der Waals surface area (Å²) in [5.41, 5.74) is 2.19. The third kappa shape index (κ3) is 2.94. The standard InChI is InChI=1S/C18H18ClN3O2S/c19-14-7-2-1-6-13(14)15-9-22-16(11-25-18(22)20-15)17(24)21-8-4-3-5-12(21)10-23/h1-2,6-7,9,11-12,23H,3-5,8,10H2. The van der Waals surface area contributed by atoms with Gasteiger partial charge in [-0.25, -0.2) is 4.98 Å². The number of piperidine rings is 1. The number of amides is 1. The third-order valence-corrected chi connectivity index (χ3v) is 5.85. The SMILES string of the molecule is O=C(c1csc2nc(-c3ccccc3Cl)cn12)N1CCCCC1CO. The predicted molar refractivity (Wildman–Crippen MR) is 99.3 cm³/mol. The number of carbonyl (C=O) groups is 1. The van der Waals surface area contributed by atoms with Crippen molar-refractivity contribution in [3.8, 4) is 11.3 Å². The van der Waals surface area contributed by atoms with Crippen LogP contribution in [0.15, 0.2) is 35.8 Å². The van der Waals surface area contributed by atoms with Gasteiger partial charge in [-0.05, 0) is 25.3 Å². The molecule has 1 unspecified atom stereocenters. The lowest BCUT2D eigenvalue weighted by Gasteiger charge is -2.34. The molecule has 7 heteroatoms. The topological polar surface area (TPSA) is 57.8 Å². The molecule has 1 aliphatic rings. The molecule has 1 aromatic carbocycles. The molecular weight excluding hydrogens is 358 g/mol. The summed E-state index contributed by atoms with van der Waals surface area (Å²) in [5, 5.41) is 12.1. The van der Waals surface area contributed by atoms with Gasteiger partial charge in [0.25, 0.3) is 5.91 Å². The number of aliphatic hydroxyl groups is 1. The second-order valence-corrected chi connectivity index (χ2v) is 7.45. The van der Waals surface area contributed by atoms with Crippen LogP contribution < -0.4 is 0 Å². The molecule has 3 heterocycles. The van der Waals surface area contributed by atoms with E-state index in [2.05, 4.69) is 4.98 Å². The number of benzene rings is 1. The fraction of sp³-hybridized carbons (Fsp3) is 0.333. The van der Waals surface area contributed by atoms with Gasteiger partial charge in [0.2, 0.25) is 0 Å². The average Bonchev–Trinajstić information content (AvgIpc) is 3.22. The van der Waals surface area contributed by atoms with Crippen LogP contribution >= 0.6 is 22.9 Å². The van der Waals surface area contributed by atoms with Gasteiger partial charge in [0, 0.05) is 23.7 Å². The number of hydrogen-bond donors (Lipinski definition) is 1. The summed E-state index contributed by atoms with van der Waals surface area (Å²) in [6.07, 6.45) is 4.74. The smallest absolute Gasteiger partial charge is 0.272 e. The van der Waals surface area contributed by atoms with Gasteiger partial charge in [-0.15, -0.1) is 11.3 Å². The Morgan fingerprint density at radius 1 is 1.36 bits per heavy atom. The van der Waals surface area contributed by atoms with E-state index in [1.807, 2.05) is 40.2 Å². The molecule has 0 aliphatic carbocycles. The van der Waals surface area contributed by atoms with Gasteiger partial charge in [0.05, 0.1) is 23.4 Å². The van der Waals surface area contributed by atoms with Gasteiger partial charge in [0.1, 0.15) is 5.69 Å². The van der Waals surface area contributed by atoms with Gasteiger partial charge in [-0.2, -0.15) is 0 Å². The number of imidazole rings is 1. The van der Waals surface area contributed by atoms with Gasteiger partial charge in [-0.3, -0.25) is 9.20 Å². The molecule has 25 heavy (non-hydrogen) atoms. The van der Waals surface area contributed by atoms with Crippen LogP contribution in [0.25, 0.3) is 16.2 Å². The summed E-state index contributed by atoms with van der Waals surface area (Å²) in [6, 6.07) is 7.45. The van der Waals surface area contributed by atoms with Crippen LogP contribution in [0.2, 0.25) is 5.02 Å². The number of likely N-dealkylation sites (tertiary alicyclic amines) is 1. The highest BCUT2D eigenvalue weighted by molar-refractivity contribution is 7.15. The van der Waals surface area contributed by atoms with Crippen LogP contribution in [-0.4, -0.2) is 44.5 Å². The van der Waals surface area contributed by atoms with Crippen molar-refractivity contribution in [3.05, 3.63) is 46.6 Å². The van der Waals surface area contributed by atoms with E-state index < -0.39 is 0 Å². The Balaban J connectivity index is 1.71. The van der Waals surface area contributed by atoms with E-state index in [4.69, 9.17) is 11.6 Å². The molecule has 1 N–H and O–H groups in total. The number of rotatable bonds is 3. The van der Waals surface area contributed by atoms with Gasteiger partial charge in [0.15, 0.2) is 4.96 Å². The first-order chi connectivity index (χ1) is 12.2. The van der Waals surface area contributed by atoms with Crippen LogP contribution in [0.4, 0.5) is 0 Å². The van der Waals surface area contributed by atoms with E-state index in [0.29, 0.717) is 17.3 Å². The maximum Gasteiger partial charge on any atom is 0.272 e. The molecular formula is C18H18ClN3O2S. The number of aliphatic hydroxyl groups excluding tert-OH is 1.